The number of hydrogen-bond acceptors (Lipinski definition) is 7. The molecule has 10 heteroatoms. The Bertz CT molecular complexity index is 913. The van der Waals surface area contributed by atoms with Crippen LogP contribution in [0.1, 0.15) is 42.5 Å². The number of aromatic nitrogens is 2. The first kappa shape index (κ1) is 16.8. The van der Waals surface area contributed by atoms with Crippen LogP contribution in [0.5, 0.6) is 0 Å². The van der Waals surface area contributed by atoms with Crippen molar-refractivity contribution in [1.82, 2.24) is 13.6 Å². The number of rotatable bonds is 3. The molecule has 1 aromatic heterocycles. The SMILES string of the molecule is O=C(O)C1CC2CCCCC2N1C(=O)c1cc([N+](=O)[O-])c2nsnc2c1. The molecule has 2 aliphatic rings. The number of nitrogens with zero attached hydrogens (tertiary/aromatic N) is 4. The zero-order valence-electron chi connectivity index (χ0n) is 13.7. The first-order valence-electron chi connectivity index (χ1n) is 8.43. The second-order valence-electron chi connectivity index (χ2n) is 6.80. The first-order chi connectivity index (χ1) is 12.5. The Morgan fingerprint density at radius 3 is 2.77 bits per heavy atom. The van der Waals surface area contributed by atoms with Gasteiger partial charge in [0.2, 0.25) is 0 Å². The number of nitro benzene ring substituents is 1. The summed E-state index contributed by atoms with van der Waals surface area (Å²) in [7, 11) is 0. The van der Waals surface area contributed by atoms with Crippen LogP contribution >= 0.6 is 11.7 Å². The Morgan fingerprint density at radius 1 is 1.27 bits per heavy atom. The molecule has 26 heavy (non-hydrogen) atoms. The van der Waals surface area contributed by atoms with Crippen LogP contribution in [0.25, 0.3) is 11.0 Å². The van der Waals surface area contributed by atoms with Crippen LogP contribution in [-0.2, 0) is 4.79 Å². The lowest BCUT2D eigenvalue weighted by molar-refractivity contribution is -0.383. The summed E-state index contributed by atoms with van der Waals surface area (Å²) in [4.78, 5) is 37.0. The average molecular weight is 376 g/mol. The second kappa shape index (κ2) is 6.27. The summed E-state index contributed by atoms with van der Waals surface area (Å²) in [6.07, 6.45) is 4.11. The molecule has 1 aliphatic carbocycles. The number of carboxylic acid groups (broad SMARTS) is 1. The molecular formula is C16H16N4O5S. The Kier molecular flexibility index (Phi) is 4.06. The number of aliphatic carboxylic acids is 1. The van der Waals surface area contributed by atoms with E-state index in [1.165, 1.54) is 17.0 Å². The lowest BCUT2D eigenvalue weighted by Gasteiger charge is -2.33. The molecule has 1 aliphatic heterocycles. The summed E-state index contributed by atoms with van der Waals surface area (Å²) < 4.78 is 7.92. The topological polar surface area (TPSA) is 127 Å². The molecule has 2 fully saturated rings. The summed E-state index contributed by atoms with van der Waals surface area (Å²) in [5.74, 6) is -1.34. The highest BCUT2D eigenvalue weighted by Crippen LogP contribution is 2.41. The molecule has 1 saturated carbocycles. The minimum absolute atomic E-state index is 0.0920. The van der Waals surface area contributed by atoms with Crippen molar-refractivity contribution in [1.29, 1.82) is 0 Å². The van der Waals surface area contributed by atoms with Crippen molar-refractivity contribution in [3.05, 3.63) is 27.8 Å². The molecule has 1 amide bonds. The fourth-order valence-corrected chi connectivity index (χ4v) is 4.79. The largest absolute Gasteiger partial charge is 0.480 e. The number of nitro groups is 1. The fourth-order valence-electron chi connectivity index (χ4n) is 4.26. The predicted octanol–water partition coefficient (Wildman–Crippen LogP) is 2.46. The van der Waals surface area contributed by atoms with Gasteiger partial charge in [-0.2, -0.15) is 8.75 Å². The van der Waals surface area contributed by atoms with E-state index in [2.05, 4.69) is 8.75 Å². The molecule has 1 aromatic carbocycles. The monoisotopic (exact) mass is 376 g/mol. The van der Waals surface area contributed by atoms with Gasteiger partial charge in [0.25, 0.3) is 11.6 Å². The second-order valence-corrected chi connectivity index (χ2v) is 7.33. The van der Waals surface area contributed by atoms with Gasteiger partial charge in [0.05, 0.1) is 16.7 Å². The van der Waals surface area contributed by atoms with E-state index >= 15 is 0 Å². The van der Waals surface area contributed by atoms with Crippen LogP contribution in [0, 0.1) is 16.0 Å². The zero-order chi connectivity index (χ0) is 18.4. The molecule has 3 unspecified atom stereocenters. The minimum Gasteiger partial charge on any atom is -0.480 e. The maximum absolute atomic E-state index is 13.2. The molecule has 2 heterocycles. The molecule has 136 valence electrons. The summed E-state index contributed by atoms with van der Waals surface area (Å²) >= 11 is 0.837. The average Bonchev–Trinajstić information content (AvgIpc) is 3.24. The number of hydrogen-bond donors (Lipinski definition) is 1. The van der Waals surface area contributed by atoms with Crippen molar-refractivity contribution < 1.29 is 19.6 Å². The normalized spacial score (nSPS) is 25.2. The number of fused-ring (bicyclic) bond motifs is 2. The standard InChI is InChI=1S/C16H16N4O5S/c21-15(9-5-10-14(18-26-17-10)12(7-9)20(24)25)19-11-4-2-1-3-8(11)6-13(19)16(22)23/h5,7-8,11,13H,1-4,6H2,(H,22,23). The highest BCUT2D eigenvalue weighted by molar-refractivity contribution is 7.00. The van der Waals surface area contributed by atoms with E-state index in [0.29, 0.717) is 6.42 Å². The number of likely N-dealkylation sites (tertiary alicyclic amines) is 1. The summed E-state index contributed by atoms with van der Waals surface area (Å²) in [6.45, 7) is 0. The summed E-state index contributed by atoms with van der Waals surface area (Å²) in [6, 6.07) is 1.63. The Balaban J connectivity index is 1.77. The molecular weight excluding hydrogens is 360 g/mol. The van der Waals surface area contributed by atoms with E-state index in [4.69, 9.17) is 0 Å². The van der Waals surface area contributed by atoms with Gasteiger partial charge in [-0.15, -0.1) is 0 Å². The van der Waals surface area contributed by atoms with Gasteiger partial charge in [0, 0.05) is 17.7 Å². The van der Waals surface area contributed by atoms with Crippen molar-refractivity contribution in [2.75, 3.05) is 0 Å². The fraction of sp³-hybridized carbons (Fsp3) is 0.500. The first-order valence-corrected chi connectivity index (χ1v) is 9.16. The summed E-state index contributed by atoms with van der Waals surface area (Å²) in [5.41, 5.74) is 0.224. The van der Waals surface area contributed by atoms with Gasteiger partial charge in [-0.3, -0.25) is 14.9 Å². The number of benzene rings is 1. The van der Waals surface area contributed by atoms with Crippen molar-refractivity contribution in [3.8, 4) is 0 Å². The third-order valence-electron chi connectivity index (χ3n) is 5.39. The Labute approximate surface area is 152 Å². The number of non-ortho nitro benzene ring substituents is 1. The van der Waals surface area contributed by atoms with E-state index in [-0.39, 0.29) is 34.2 Å². The molecule has 2 aromatic rings. The van der Waals surface area contributed by atoms with Crippen LogP contribution in [0.3, 0.4) is 0 Å². The van der Waals surface area contributed by atoms with Gasteiger partial charge in [0.15, 0.2) is 5.52 Å². The molecule has 1 saturated heterocycles. The molecule has 3 atom stereocenters. The van der Waals surface area contributed by atoms with Gasteiger partial charge in [-0.05, 0) is 31.2 Å². The number of carbonyl (C=O) groups is 2. The highest BCUT2D eigenvalue weighted by atomic mass is 32.1. The summed E-state index contributed by atoms with van der Waals surface area (Å²) in [5, 5.41) is 20.9. The molecule has 1 N–H and O–H groups in total. The maximum Gasteiger partial charge on any atom is 0.326 e. The maximum atomic E-state index is 13.2. The number of carboxylic acids is 1. The molecule has 0 bridgehead atoms. The molecule has 4 rings (SSSR count). The van der Waals surface area contributed by atoms with Gasteiger partial charge in [-0.1, -0.05) is 12.8 Å². The molecule has 0 spiro atoms. The smallest absolute Gasteiger partial charge is 0.326 e. The number of amides is 1. The van der Waals surface area contributed by atoms with Crippen LogP contribution in [-0.4, -0.2) is 47.6 Å². The zero-order valence-corrected chi connectivity index (χ0v) is 14.5. The van der Waals surface area contributed by atoms with E-state index in [1.54, 1.807) is 0 Å². The van der Waals surface area contributed by atoms with Crippen molar-refractivity contribution in [3.63, 3.8) is 0 Å². The quantitative estimate of drug-likeness (QED) is 0.644. The van der Waals surface area contributed by atoms with Crippen LogP contribution in [0.15, 0.2) is 12.1 Å². The number of carbonyl (C=O) groups excluding carboxylic acids is 1. The van der Waals surface area contributed by atoms with Crippen LogP contribution < -0.4 is 0 Å². The van der Waals surface area contributed by atoms with Gasteiger partial charge >= 0.3 is 5.97 Å². The Hall–Kier alpha value is -2.62. The third-order valence-corrected chi connectivity index (χ3v) is 5.93. The third kappa shape index (κ3) is 2.61. The van der Waals surface area contributed by atoms with Crippen molar-refractivity contribution in [2.24, 2.45) is 5.92 Å². The van der Waals surface area contributed by atoms with Crippen LogP contribution in [0.4, 0.5) is 5.69 Å². The van der Waals surface area contributed by atoms with E-state index in [0.717, 1.165) is 37.4 Å². The highest BCUT2D eigenvalue weighted by Gasteiger charge is 2.47. The van der Waals surface area contributed by atoms with Crippen molar-refractivity contribution >= 4 is 40.3 Å². The Morgan fingerprint density at radius 2 is 2.04 bits per heavy atom. The minimum atomic E-state index is -1.03. The lowest BCUT2D eigenvalue weighted by atomic mass is 9.84. The molecule has 0 radical (unpaired) electrons. The lowest BCUT2D eigenvalue weighted by Crippen LogP contribution is -2.46. The van der Waals surface area contributed by atoms with Gasteiger partial charge < -0.3 is 10.0 Å². The van der Waals surface area contributed by atoms with Crippen molar-refractivity contribution in [2.45, 2.75) is 44.2 Å². The van der Waals surface area contributed by atoms with Crippen LogP contribution in [0.2, 0.25) is 0 Å². The predicted molar refractivity (Wildman–Crippen MR) is 92.0 cm³/mol. The van der Waals surface area contributed by atoms with E-state index < -0.39 is 22.8 Å². The van der Waals surface area contributed by atoms with E-state index in [9.17, 15) is 24.8 Å². The van der Waals surface area contributed by atoms with Gasteiger partial charge in [0.1, 0.15) is 11.6 Å². The van der Waals surface area contributed by atoms with E-state index in [1.807, 2.05) is 0 Å². The van der Waals surface area contributed by atoms with Gasteiger partial charge in [-0.25, -0.2) is 4.79 Å². The molecule has 9 nitrogen and oxygen atoms in total.